The number of rotatable bonds is 0. The monoisotopic (exact) mass is 267 g/mol. The Kier molecular flexibility index (Phi) is 2.38. The zero-order valence-electron chi connectivity index (χ0n) is 9.17. The molecule has 0 unspecified atom stereocenters. The molecule has 0 aromatic heterocycles. The highest BCUT2D eigenvalue weighted by Crippen LogP contribution is 2.34. The average molecular weight is 268 g/mol. The Balaban J connectivity index is 2.64. The van der Waals surface area contributed by atoms with Crippen molar-refractivity contribution in [3.63, 3.8) is 0 Å². The molecule has 1 aliphatic heterocycles. The molecule has 1 amide bonds. The molecule has 2 rings (SSSR count). The van der Waals surface area contributed by atoms with Crippen molar-refractivity contribution in [3.05, 3.63) is 33.8 Å². The summed E-state index contributed by atoms with van der Waals surface area (Å²) in [6, 6.07) is 5.88. The molecule has 0 aliphatic carbocycles. The number of carbonyl (C=O) groups excluding carboxylic acids is 1. The van der Waals surface area contributed by atoms with Crippen LogP contribution in [-0.2, 0) is 5.41 Å². The minimum Gasteiger partial charge on any atom is -0.341 e. The molecule has 0 N–H and O–H groups in total. The third kappa shape index (κ3) is 1.69. The lowest BCUT2D eigenvalue weighted by Crippen LogP contribution is -2.44. The van der Waals surface area contributed by atoms with E-state index >= 15 is 0 Å². The molecular weight excluding hydrogens is 254 g/mol. The van der Waals surface area contributed by atoms with Crippen LogP contribution in [0.1, 0.15) is 29.8 Å². The van der Waals surface area contributed by atoms with Gasteiger partial charge in [0.2, 0.25) is 0 Å². The summed E-state index contributed by atoms with van der Waals surface area (Å²) < 4.78 is 1.03. The van der Waals surface area contributed by atoms with E-state index in [-0.39, 0.29) is 11.3 Å². The van der Waals surface area contributed by atoms with Crippen molar-refractivity contribution >= 4 is 21.8 Å². The first-order chi connectivity index (χ1) is 6.92. The van der Waals surface area contributed by atoms with Crippen LogP contribution in [0.2, 0.25) is 0 Å². The standard InChI is InChI=1S/C12H14BrNO/c1-12(2)7-14(3)11(15)9-5-4-8(13)6-10(9)12/h4-6H,7H2,1-3H3. The van der Waals surface area contributed by atoms with E-state index in [1.54, 1.807) is 4.90 Å². The van der Waals surface area contributed by atoms with Gasteiger partial charge in [-0.05, 0) is 23.8 Å². The molecule has 1 aliphatic rings. The topological polar surface area (TPSA) is 20.3 Å². The Morgan fingerprint density at radius 3 is 2.73 bits per heavy atom. The Bertz CT molecular complexity index is 426. The van der Waals surface area contributed by atoms with Gasteiger partial charge in [0.25, 0.3) is 5.91 Å². The SMILES string of the molecule is CN1CC(C)(C)c2cc(Br)ccc2C1=O. The minimum absolute atomic E-state index is 0.0295. The third-order valence-corrected chi connectivity index (χ3v) is 3.41. The summed E-state index contributed by atoms with van der Waals surface area (Å²) in [4.78, 5) is 13.7. The van der Waals surface area contributed by atoms with Crippen molar-refractivity contribution in [2.75, 3.05) is 13.6 Å². The van der Waals surface area contributed by atoms with Crippen molar-refractivity contribution in [3.8, 4) is 0 Å². The smallest absolute Gasteiger partial charge is 0.253 e. The first-order valence-corrected chi connectivity index (χ1v) is 5.76. The van der Waals surface area contributed by atoms with Crippen LogP contribution in [0, 0.1) is 0 Å². The summed E-state index contributed by atoms with van der Waals surface area (Å²) >= 11 is 3.45. The van der Waals surface area contributed by atoms with Gasteiger partial charge in [0, 0.05) is 29.0 Å². The maximum Gasteiger partial charge on any atom is 0.253 e. The Morgan fingerprint density at radius 2 is 2.07 bits per heavy atom. The van der Waals surface area contributed by atoms with Crippen molar-refractivity contribution in [1.82, 2.24) is 4.90 Å². The predicted molar refractivity (Wildman–Crippen MR) is 64.1 cm³/mol. The van der Waals surface area contributed by atoms with Crippen LogP contribution in [-0.4, -0.2) is 24.4 Å². The number of hydrogen-bond donors (Lipinski definition) is 0. The number of hydrogen-bond acceptors (Lipinski definition) is 1. The third-order valence-electron chi connectivity index (χ3n) is 2.92. The highest BCUT2D eigenvalue weighted by molar-refractivity contribution is 9.10. The van der Waals surface area contributed by atoms with Gasteiger partial charge in [-0.1, -0.05) is 29.8 Å². The van der Waals surface area contributed by atoms with E-state index in [2.05, 4.69) is 35.8 Å². The van der Waals surface area contributed by atoms with E-state index < -0.39 is 0 Å². The van der Waals surface area contributed by atoms with Crippen LogP contribution in [0.5, 0.6) is 0 Å². The lowest BCUT2D eigenvalue weighted by molar-refractivity contribution is 0.0737. The molecule has 0 saturated carbocycles. The van der Waals surface area contributed by atoms with Crippen molar-refractivity contribution < 1.29 is 4.79 Å². The molecule has 0 spiro atoms. The largest absolute Gasteiger partial charge is 0.341 e. The van der Waals surface area contributed by atoms with Crippen LogP contribution in [0.25, 0.3) is 0 Å². The van der Waals surface area contributed by atoms with Gasteiger partial charge in [-0.25, -0.2) is 0 Å². The molecule has 3 heteroatoms. The minimum atomic E-state index is 0.0295. The Hall–Kier alpha value is -0.830. The van der Waals surface area contributed by atoms with Gasteiger partial charge in [-0.2, -0.15) is 0 Å². The number of likely N-dealkylation sites (N-methyl/N-ethyl adjacent to an activating group) is 1. The lowest BCUT2D eigenvalue weighted by atomic mass is 9.78. The van der Waals surface area contributed by atoms with E-state index in [1.807, 2.05) is 19.2 Å². The maximum atomic E-state index is 11.9. The fourth-order valence-corrected chi connectivity index (χ4v) is 2.58. The number of benzene rings is 1. The number of fused-ring (bicyclic) bond motifs is 1. The van der Waals surface area contributed by atoms with Crippen molar-refractivity contribution in [2.24, 2.45) is 0 Å². The zero-order chi connectivity index (χ0) is 11.2. The molecule has 2 nitrogen and oxygen atoms in total. The van der Waals surface area contributed by atoms with Gasteiger partial charge < -0.3 is 4.90 Å². The summed E-state index contributed by atoms with van der Waals surface area (Å²) in [5, 5.41) is 0. The molecule has 0 radical (unpaired) electrons. The quantitative estimate of drug-likeness (QED) is 0.708. The summed E-state index contributed by atoms with van der Waals surface area (Å²) in [5.74, 6) is 0.122. The average Bonchev–Trinajstić information content (AvgIpc) is 2.14. The summed E-state index contributed by atoms with van der Waals surface area (Å²) in [6.45, 7) is 5.11. The van der Waals surface area contributed by atoms with E-state index in [4.69, 9.17) is 0 Å². The molecule has 15 heavy (non-hydrogen) atoms. The second kappa shape index (κ2) is 3.34. The molecule has 0 bridgehead atoms. The Labute approximate surface area is 98.4 Å². The molecule has 0 fully saturated rings. The summed E-state index contributed by atoms with van der Waals surface area (Å²) in [5.41, 5.74) is 2.00. The van der Waals surface area contributed by atoms with Crippen LogP contribution < -0.4 is 0 Å². The fraction of sp³-hybridized carbons (Fsp3) is 0.417. The number of carbonyl (C=O) groups is 1. The predicted octanol–water partition coefficient (Wildman–Crippen LogP) is 2.81. The van der Waals surface area contributed by atoms with Gasteiger partial charge in [-0.15, -0.1) is 0 Å². The fourth-order valence-electron chi connectivity index (χ4n) is 2.22. The van der Waals surface area contributed by atoms with Crippen LogP contribution in [0.4, 0.5) is 0 Å². The number of amides is 1. The first-order valence-electron chi connectivity index (χ1n) is 4.97. The molecule has 1 aromatic rings. The van der Waals surface area contributed by atoms with Crippen molar-refractivity contribution in [1.29, 1.82) is 0 Å². The van der Waals surface area contributed by atoms with Gasteiger partial charge in [0.05, 0.1) is 0 Å². The highest BCUT2D eigenvalue weighted by atomic mass is 79.9. The molecule has 1 heterocycles. The highest BCUT2D eigenvalue weighted by Gasteiger charge is 2.34. The van der Waals surface area contributed by atoms with E-state index in [0.29, 0.717) is 0 Å². The van der Waals surface area contributed by atoms with E-state index in [0.717, 1.165) is 22.1 Å². The Morgan fingerprint density at radius 1 is 1.40 bits per heavy atom. The van der Waals surface area contributed by atoms with Gasteiger partial charge >= 0.3 is 0 Å². The zero-order valence-corrected chi connectivity index (χ0v) is 10.8. The molecular formula is C12H14BrNO. The lowest BCUT2D eigenvalue weighted by Gasteiger charge is -2.37. The summed E-state index contributed by atoms with van der Waals surface area (Å²) in [6.07, 6.45) is 0. The van der Waals surface area contributed by atoms with Gasteiger partial charge in [0.1, 0.15) is 0 Å². The van der Waals surface area contributed by atoms with E-state index in [1.165, 1.54) is 0 Å². The normalized spacial score (nSPS) is 18.9. The number of nitrogens with zero attached hydrogens (tertiary/aromatic N) is 1. The molecule has 0 atom stereocenters. The second-order valence-electron chi connectivity index (χ2n) is 4.74. The van der Waals surface area contributed by atoms with Gasteiger partial charge in [0.15, 0.2) is 0 Å². The van der Waals surface area contributed by atoms with Crippen LogP contribution >= 0.6 is 15.9 Å². The molecule has 80 valence electrons. The molecule has 0 saturated heterocycles. The van der Waals surface area contributed by atoms with Crippen LogP contribution in [0.15, 0.2) is 22.7 Å². The van der Waals surface area contributed by atoms with Gasteiger partial charge in [-0.3, -0.25) is 4.79 Å². The van der Waals surface area contributed by atoms with E-state index in [9.17, 15) is 4.79 Å². The molecule has 1 aromatic carbocycles. The second-order valence-corrected chi connectivity index (χ2v) is 5.65. The number of halogens is 1. The summed E-state index contributed by atoms with van der Waals surface area (Å²) in [7, 11) is 1.86. The first kappa shape index (κ1) is 10.7. The van der Waals surface area contributed by atoms with Crippen molar-refractivity contribution in [2.45, 2.75) is 19.3 Å². The maximum absolute atomic E-state index is 11.9. The van der Waals surface area contributed by atoms with Crippen LogP contribution in [0.3, 0.4) is 0 Å².